The van der Waals surface area contributed by atoms with Crippen LogP contribution in [0.15, 0.2) is 0 Å². The van der Waals surface area contributed by atoms with E-state index in [0.29, 0.717) is 4.83 Å². The second kappa shape index (κ2) is 7.26. The molecule has 0 aromatic carbocycles. The first-order valence-electron chi connectivity index (χ1n) is 6.12. The molecule has 0 spiro atoms. The summed E-state index contributed by atoms with van der Waals surface area (Å²) in [7, 11) is 0. The number of alkyl halides is 1. The Hall–Kier alpha value is -0.0500. The minimum Gasteiger partial charge on any atom is -0.356 e. The molecule has 0 radical (unpaired) electrons. The normalized spacial score (nSPS) is 20.7. The van der Waals surface area contributed by atoms with Crippen LogP contribution in [0.3, 0.4) is 0 Å². The molecule has 1 aliphatic rings. The van der Waals surface area contributed by atoms with E-state index in [4.69, 9.17) is 0 Å². The van der Waals surface area contributed by atoms with Crippen LogP contribution in [0.4, 0.5) is 0 Å². The van der Waals surface area contributed by atoms with E-state index in [1.165, 1.54) is 25.7 Å². The molecule has 15 heavy (non-hydrogen) atoms. The maximum absolute atomic E-state index is 11.8. The van der Waals surface area contributed by atoms with Crippen molar-refractivity contribution in [1.82, 2.24) is 5.32 Å². The molecular formula is C12H22BrNO. The lowest BCUT2D eigenvalue weighted by molar-refractivity contribution is -0.125. The first kappa shape index (κ1) is 13.0. The van der Waals surface area contributed by atoms with Crippen LogP contribution in [-0.4, -0.2) is 17.3 Å². The van der Waals surface area contributed by atoms with Gasteiger partial charge >= 0.3 is 0 Å². The summed E-state index contributed by atoms with van der Waals surface area (Å²) in [6.45, 7) is 2.92. The van der Waals surface area contributed by atoms with Crippen LogP contribution in [0.5, 0.6) is 0 Å². The lowest BCUT2D eigenvalue weighted by Gasteiger charge is -2.14. The van der Waals surface area contributed by atoms with E-state index in [-0.39, 0.29) is 11.8 Å². The third-order valence-electron chi connectivity index (χ3n) is 3.07. The maximum atomic E-state index is 11.8. The highest BCUT2D eigenvalue weighted by Crippen LogP contribution is 2.22. The molecule has 0 aromatic heterocycles. The van der Waals surface area contributed by atoms with Crippen LogP contribution in [0.25, 0.3) is 0 Å². The minimum absolute atomic E-state index is 0.282. The topological polar surface area (TPSA) is 29.1 Å². The second-order valence-corrected chi connectivity index (χ2v) is 6.11. The number of nitrogens with one attached hydrogen (secondary N) is 1. The predicted octanol–water partition coefficient (Wildman–Crippen LogP) is 3.25. The molecule has 1 unspecified atom stereocenters. The van der Waals surface area contributed by atoms with Crippen molar-refractivity contribution in [3.8, 4) is 0 Å². The quantitative estimate of drug-likeness (QED) is 0.620. The van der Waals surface area contributed by atoms with Crippen molar-refractivity contribution in [3.63, 3.8) is 0 Å². The van der Waals surface area contributed by atoms with Gasteiger partial charge in [-0.1, -0.05) is 48.5 Å². The molecule has 3 heteroatoms. The van der Waals surface area contributed by atoms with Crippen molar-refractivity contribution >= 4 is 21.8 Å². The molecule has 0 heterocycles. The molecule has 1 saturated carbocycles. The van der Waals surface area contributed by atoms with Gasteiger partial charge in [-0.2, -0.15) is 0 Å². The lowest BCUT2D eigenvalue weighted by atomic mass is 9.99. The van der Waals surface area contributed by atoms with Crippen molar-refractivity contribution in [2.45, 2.75) is 56.7 Å². The SMILES string of the molecule is CC(Br)CCNC(=O)C1CCCCCC1. The number of rotatable bonds is 4. The summed E-state index contributed by atoms with van der Waals surface area (Å²) in [5, 5.41) is 3.04. The van der Waals surface area contributed by atoms with Crippen molar-refractivity contribution in [3.05, 3.63) is 0 Å². The molecule has 1 aliphatic carbocycles. The third kappa shape index (κ3) is 5.55. The van der Waals surface area contributed by atoms with E-state index >= 15 is 0 Å². The van der Waals surface area contributed by atoms with Crippen molar-refractivity contribution < 1.29 is 4.79 Å². The Kier molecular flexibility index (Phi) is 6.30. The van der Waals surface area contributed by atoms with Gasteiger partial charge in [0.2, 0.25) is 5.91 Å². The molecule has 0 bridgehead atoms. The summed E-state index contributed by atoms with van der Waals surface area (Å²) in [4.78, 5) is 12.3. The van der Waals surface area contributed by atoms with E-state index in [1.54, 1.807) is 0 Å². The summed E-state index contributed by atoms with van der Waals surface area (Å²) < 4.78 is 0. The molecule has 1 amide bonds. The molecule has 88 valence electrons. The number of amides is 1. The Labute approximate surface area is 101 Å². The number of halogens is 1. The highest BCUT2D eigenvalue weighted by Gasteiger charge is 2.19. The summed E-state index contributed by atoms with van der Waals surface area (Å²) in [6, 6.07) is 0. The monoisotopic (exact) mass is 275 g/mol. The smallest absolute Gasteiger partial charge is 0.223 e. The predicted molar refractivity (Wildman–Crippen MR) is 67.2 cm³/mol. The van der Waals surface area contributed by atoms with Gasteiger partial charge < -0.3 is 5.32 Å². The highest BCUT2D eigenvalue weighted by atomic mass is 79.9. The summed E-state index contributed by atoms with van der Waals surface area (Å²) in [5.74, 6) is 0.572. The fourth-order valence-corrected chi connectivity index (χ4v) is 2.31. The third-order valence-corrected chi connectivity index (χ3v) is 3.53. The van der Waals surface area contributed by atoms with Crippen LogP contribution in [0, 0.1) is 5.92 Å². The average Bonchev–Trinajstić information content (AvgIpc) is 2.44. The van der Waals surface area contributed by atoms with Crippen LogP contribution in [-0.2, 0) is 4.79 Å². The number of hydrogen-bond acceptors (Lipinski definition) is 1. The minimum atomic E-state index is 0.282. The molecule has 1 rings (SSSR count). The van der Waals surface area contributed by atoms with E-state index in [2.05, 4.69) is 28.2 Å². The van der Waals surface area contributed by atoms with E-state index in [9.17, 15) is 4.79 Å². The molecule has 0 aliphatic heterocycles. The van der Waals surface area contributed by atoms with Crippen LogP contribution >= 0.6 is 15.9 Å². The number of carbonyl (C=O) groups is 1. The summed E-state index contributed by atoms with van der Waals surface area (Å²) in [6.07, 6.45) is 8.27. The Morgan fingerprint density at radius 2 is 1.93 bits per heavy atom. The zero-order valence-electron chi connectivity index (χ0n) is 9.60. The van der Waals surface area contributed by atoms with Crippen molar-refractivity contribution in [1.29, 1.82) is 0 Å². The van der Waals surface area contributed by atoms with Crippen molar-refractivity contribution in [2.24, 2.45) is 5.92 Å². The van der Waals surface area contributed by atoms with Gasteiger partial charge in [0.25, 0.3) is 0 Å². The van der Waals surface area contributed by atoms with Gasteiger partial charge in [-0.15, -0.1) is 0 Å². The van der Waals surface area contributed by atoms with Gasteiger partial charge in [0.15, 0.2) is 0 Å². The Balaban J connectivity index is 2.19. The van der Waals surface area contributed by atoms with Gasteiger partial charge in [-0.3, -0.25) is 4.79 Å². The number of hydrogen-bond donors (Lipinski definition) is 1. The van der Waals surface area contributed by atoms with Gasteiger partial charge in [0.1, 0.15) is 0 Å². The fraction of sp³-hybridized carbons (Fsp3) is 0.917. The zero-order chi connectivity index (χ0) is 11.1. The average molecular weight is 276 g/mol. The van der Waals surface area contributed by atoms with Crippen LogP contribution < -0.4 is 5.32 Å². The van der Waals surface area contributed by atoms with E-state index < -0.39 is 0 Å². The van der Waals surface area contributed by atoms with Crippen LogP contribution in [0.1, 0.15) is 51.9 Å². The molecule has 0 aromatic rings. The molecule has 2 nitrogen and oxygen atoms in total. The Bertz CT molecular complexity index is 186. The summed E-state index contributed by atoms with van der Waals surface area (Å²) in [5.41, 5.74) is 0. The molecule has 1 N–H and O–H groups in total. The Morgan fingerprint density at radius 1 is 1.33 bits per heavy atom. The summed E-state index contributed by atoms with van der Waals surface area (Å²) >= 11 is 3.48. The first-order valence-corrected chi connectivity index (χ1v) is 7.03. The largest absolute Gasteiger partial charge is 0.356 e. The Morgan fingerprint density at radius 3 is 2.47 bits per heavy atom. The van der Waals surface area contributed by atoms with Crippen molar-refractivity contribution in [2.75, 3.05) is 6.54 Å². The zero-order valence-corrected chi connectivity index (χ0v) is 11.2. The van der Waals surface area contributed by atoms with E-state index in [1.807, 2.05) is 0 Å². The molecular weight excluding hydrogens is 254 g/mol. The first-order chi connectivity index (χ1) is 7.20. The lowest BCUT2D eigenvalue weighted by Crippen LogP contribution is -2.31. The van der Waals surface area contributed by atoms with Crippen LogP contribution in [0.2, 0.25) is 0 Å². The molecule has 1 fully saturated rings. The van der Waals surface area contributed by atoms with E-state index in [0.717, 1.165) is 25.8 Å². The van der Waals surface area contributed by atoms with Gasteiger partial charge in [0, 0.05) is 17.3 Å². The second-order valence-electron chi connectivity index (χ2n) is 4.55. The molecule has 0 saturated heterocycles. The van der Waals surface area contributed by atoms with Gasteiger partial charge in [-0.25, -0.2) is 0 Å². The highest BCUT2D eigenvalue weighted by molar-refractivity contribution is 9.09. The standard InChI is InChI=1S/C12H22BrNO/c1-10(13)8-9-14-12(15)11-6-4-2-3-5-7-11/h10-11H,2-9H2,1H3,(H,14,15). The maximum Gasteiger partial charge on any atom is 0.223 e. The number of carbonyl (C=O) groups excluding carboxylic acids is 1. The fourth-order valence-electron chi connectivity index (χ4n) is 2.08. The molecule has 1 atom stereocenters. The van der Waals surface area contributed by atoms with Gasteiger partial charge in [0.05, 0.1) is 0 Å². The van der Waals surface area contributed by atoms with Gasteiger partial charge in [-0.05, 0) is 19.3 Å².